The van der Waals surface area contributed by atoms with E-state index in [1.807, 2.05) is 35.0 Å². The smallest absolute Gasteiger partial charge is 0.408 e. The van der Waals surface area contributed by atoms with Crippen LogP contribution in [-0.4, -0.2) is 49.8 Å². The monoisotopic (exact) mass is 515 g/mol. The number of nitrogens with one attached hydrogen (secondary N) is 2. The molecule has 2 heterocycles. The Hall–Kier alpha value is -1.95. The molecule has 0 saturated carbocycles. The second-order valence-corrected chi connectivity index (χ2v) is 12.6. The second kappa shape index (κ2) is 12.5. The van der Waals surface area contributed by atoms with Gasteiger partial charge in [-0.05, 0) is 62.9 Å². The van der Waals surface area contributed by atoms with Gasteiger partial charge in [0.1, 0.15) is 11.6 Å². The summed E-state index contributed by atoms with van der Waals surface area (Å²) in [4.78, 5) is 29.9. The highest BCUT2D eigenvalue weighted by molar-refractivity contribution is 7.88. The Kier molecular flexibility index (Phi) is 10.3. The van der Waals surface area contributed by atoms with Gasteiger partial charge in [0.05, 0.1) is 19.3 Å². The molecule has 0 unspecified atom stereocenters. The number of hydrogen-bond acceptors (Lipinski definition) is 7. The van der Waals surface area contributed by atoms with Crippen molar-refractivity contribution in [2.75, 3.05) is 12.8 Å². The van der Waals surface area contributed by atoms with Crippen LogP contribution in [0, 0.1) is 0 Å². The van der Waals surface area contributed by atoms with Crippen LogP contribution < -0.4 is 10.0 Å². The molecule has 2 aromatic rings. The van der Waals surface area contributed by atoms with E-state index in [-0.39, 0.29) is 12.5 Å². The topological polar surface area (TPSA) is 105 Å². The van der Waals surface area contributed by atoms with Crippen LogP contribution in [0.2, 0.25) is 0 Å². The predicted molar refractivity (Wildman–Crippen MR) is 133 cm³/mol. The van der Waals surface area contributed by atoms with E-state index in [1.54, 1.807) is 48.3 Å². The maximum Gasteiger partial charge on any atom is 0.408 e. The van der Waals surface area contributed by atoms with Gasteiger partial charge in [-0.25, -0.2) is 17.9 Å². The molecule has 0 saturated heterocycles. The van der Waals surface area contributed by atoms with Crippen LogP contribution in [0.5, 0.6) is 0 Å². The van der Waals surface area contributed by atoms with E-state index in [1.165, 1.54) is 0 Å². The van der Waals surface area contributed by atoms with Crippen LogP contribution in [0.1, 0.15) is 49.8 Å². The second-order valence-electron chi connectivity index (χ2n) is 8.71. The molecular formula is C22H33N3O5S3. The van der Waals surface area contributed by atoms with Gasteiger partial charge >= 0.3 is 6.09 Å². The molecule has 2 rings (SSSR count). The van der Waals surface area contributed by atoms with E-state index in [2.05, 4.69) is 10.0 Å². The van der Waals surface area contributed by atoms with Gasteiger partial charge in [-0.3, -0.25) is 4.79 Å². The van der Waals surface area contributed by atoms with Gasteiger partial charge in [-0.1, -0.05) is 12.1 Å². The average molecular weight is 516 g/mol. The van der Waals surface area contributed by atoms with Crippen LogP contribution in [0.3, 0.4) is 0 Å². The van der Waals surface area contributed by atoms with Crippen LogP contribution in [0.25, 0.3) is 0 Å². The maximum atomic E-state index is 13.6. The van der Waals surface area contributed by atoms with Crippen molar-refractivity contribution in [3.05, 3.63) is 44.8 Å². The molecule has 0 spiro atoms. The molecule has 0 aromatic carbocycles. The summed E-state index contributed by atoms with van der Waals surface area (Å²) in [6.45, 7) is 6.45. The van der Waals surface area contributed by atoms with E-state index >= 15 is 0 Å². The summed E-state index contributed by atoms with van der Waals surface area (Å²) >= 11 is 3.15. The Morgan fingerprint density at radius 3 is 2.09 bits per heavy atom. The Morgan fingerprint density at radius 2 is 1.64 bits per heavy atom. The van der Waals surface area contributed by atoms with Crippen LogP contribution in [-0.2, 0) is 32.6 Å². The molecule has 11 heteroatoms. The number of hydrogen-bond donors (Lipinski definition) is 2. The number of thiophene rings is 2. The Bertz CT molecular complexity index is 931. The number of unbranched alkanes of at least 4 members (excludes halogenated alkanes) is 1. The molecule has 0 aliphatic carbocycles. The lowest BCUT2D eigenvalue weighted by atomic mass is 10.1. The Morgan fingerprint density at radius 1 is 1.06 bits per heavy atom. The number of nitrogens with zero attached hydrogens (tertiary/aromatic N) is 1. The third kappa shape index (κ3) is 11.1. The zero-order chi connectivity index (χ0) is 24.5. The van der Waals surface area contributed by atoms with Gasteiger partial charge in [0, 0.05) is 16.3 Å². The minimum absolute atomic E-state index is 0.196. The molecule has 0 fully saturated rings. The largest absolute Gasteiger partial charge is 0.444 e. The van der Waals surface area contributed by atoms with Crippen molar-refractivity contribution in [2.45, 2.75) is 64.8 Å². The molecule has 0 radical (unpaired) electrons. The first-order chi connectivity index (χ1) is 15.4. The van der Waals surface area contributed by atoms with Crippen molar-refractivity contribution in [1.29, 1.82) is 0 Å². The molecule has 2 N–H and O–H groups in total. The fourth-order valence-corrected chi connectivity index (χ4v) is 5.01. The van der Waals surface area contributed by atoms with Gasteiger partial charge in [0.15, 0.2) is 0 Å². The molecule has 33 heavy (non-hydrogen) atoms. The lowest BCUT2D eigenvalue weighted by molar-refractivity contribution is -0.134. The zero-order valence-electron chi connectivity index (χ0n) is 19.5. The van der Waals surface area contributed by atoms with E-state index in [0.717, 1.165) is 16.0 Å². The standard InChI is InChI=1S/C22H33N3O5S3/c1-22(2,3)30-21(27)24-19(11-5-6-12-23-33(4,28)29)20(26)25(15-17-9-7-13-31-17)16-18-10-8-14-32-18/h7-10,13-14,19,23H,5-6,11-12,15-16H2,1-4H3,(H,24,27)/t19-/m0/s1. The maximum absolute atomic E-state index is 13.6. The molecule has 0 aliphatic heterocycles. The molecule has 0 aliphatic rings. The summed E-state index contributed by atoms with van der Waals surface area (Å²) < 4.78 is 30.3. The fraction of sp³-hybridized carbons (Fsp3) is 0.545. The molecule has 2 amide bonds. The molecule has 184 valence electrons. The SMILES string of the molecule is CC(C)(C)OC(=O)N[C@@H](CCCCNS(C)(=O)=O)C(=O)N(Cc1cccs1)Cc1cccs1. The van der Waals surface area contributed by atoms with E-state index in [4.69, 9.17) is 4.74 Å². The van der Waals surface area contributed by atoms with Crippen LogP contribution in [0.15, 0.2) is 35.0 Å². The number of rotatable bonds is 12. The highest BCUT2D eigenvalue weighted by Crippen LogP contribution is 2.19. The van der Waals surface area contributed by atoms with Crippen molar-refractivity contribution in [3.63, 3.8) is 0 Å². The molecular weight excluding hydrogens is 482 g/mol. The first-order valence-corrected chi connectivity index (χ1v) is 14.4. The van der Waals surface area contributed by atoms with Crippen molar-refractivity contribution in [3.8, 4) is 0 Å². The molecule has 0 bridgehead atoms. The minimum Gasteiger partial charge on any atom is -0.444 e. The van der Waals surface area contributed by atoms with Gasteiger partial charge in [0.2, 0.25) is 15.9 Å². The van der Waals surface area contributed by atoms with Crippen molar-refractivity contribution in [1.82, 2.24) is 14.9 Å². The van der Waals surface area contributed by atoms with Crippen molar-refractivity contribution < 1.29 is 22.7 Å². The minimum atomic E-state index is -3.26. The van der Waals surface area contributed by atoms with E-state index in [0.29, 0.717) is 32.4 Å². The number of alkyl carbamates (subject to hydrolysis) is 1. The summed E-state index contributed by atoms with van der Waals surface area (Å²) in [5.41, 5.74) is -0.690. The zero-order valence-corrected chi connectivity index (χ0v) is 21.9. The van der Waals surface area contributed by atoms with Crippen molar-refractivity contribution >= 4 is 44.7 Å². The lowest BCUT2D eigenvalue weighted by Crippen LogP contribution is -2.49. The summed E-state index contributed by atoms with van der Waals surface area (Å²) in [7, 11) is -3.26. The molecule has 8 nitrogen and oxygen atoms in total. The number of amides is 2. The number of ether oxygens (including phenoxy) is 1. The Balaban J connectivity index is 2.12. The van der Waals surface area contributed by atoms with Gasteiger partial charge in [0.25, 0.3) is 0 Å². The molecule has 2 aromatic heterocycles. The fourth-order valence-electron chi connectivity index (χ4n) is 3.05. The first-order valence-electron chi connectivity index (χ1n) is 10.7. The number of carbonyl (C=O) groups excluding carboxylic acids is 2. The quantitative estimate of drug-likeness (QED) is 0.417. The normalized spacial score (nSPS) is 12.8. The van der Waals surface area contributed by atoms with Crippen LogP contribution >= 0.6 is 22.7 Å². The highest BCUT2D eigenvalue weighted by Gasteiger charge is 2.28. The van der Waals surface area contributed by atoms with E-state index in [9.17, 15) is 18.0 Å². The van der Waals surface area contributed by atoms with Crippen LogP contribution in [0.4, 0.5) is 4.79 Å². The number of carbonyl (C=O) groups is 2. The van der Waals surface area contributed by atoms with E-state index < -0.39 is 27.8 Å². The first kappa shape index (κ1) is 27.3. The summed E-state index contributed by atoms with van der Waals surface area (Å²) in [6, 6.07) is 7.06. The third-order valence-electron chi connectivity index (χ3n) is 4.44. The summed E-state index contributed by atoms with van der Waals surface area (Å²) in [6.07, 6.45) is 1.93. The third-order valence-corrected chi connectivity index (χ3v) is 6.89. The average Bonchev–Trinajstić information content (AvgIpc) is 3.37. The van der Waals surface area contributed by atoms with Gasteiger partial charge in [-0.15, -0.1) is 22.7 Å². The number of sulfonamides is 1. The summed E-state index contributed by atoms with van der Waals surface area (Å²) in [5, 5.41) is 6.67. The summed E-state index contributed by atoms with van der Waals surface area (Å²) in [5.74, 6) is -0.196. The highest BCUT2D eigenvalue weighted by atomic mass is 32.2. The Labute approximate surface area is 204 Å². The van der Waals surface area contributed by atoms with Crippen molar-refractivity contribution in [2.24, 2.45) is 0 Å². The van der Waals surface area contributed by atoms with Gasteiger partial charge < -0.3 is 15.0 Å². The lowest BCUT2D eigenvalue weighted by Gasteiger charge is -2.28. The van der Waals surface area contributed by atoms with Gasteiger partial charge in [-0.2, -0.15) is 0 Å². The molecule has 1 atom stereocenters. The predicted octanol–water partition coefficient (Wildman–Crippen LogP) is 3.95.